The Labute approximate surface area is 200 Å². The number of halogens is 1. The number of H-pyrrole nitrogens is 1. The number of alkyl carbamates (subject to hydrolysis) is 1. The van der Waals surface area contributed by atoms with E-state index in [9.17, 15) is 19.6 Å². The van der Waals surface area contributed by atoms with E-state index in [0.717, 1.165) is 17.5 Å². The van der Waals surface area contributed by atoms with Gasteiger partial charge in [-0.2, -0.15) is 10.4 Å². The summed E-state index contributed by atoms with van der Waals surface area (Å²) in [4.78, 5) is 42.4. The maximum atomic E-state index is 12.1. The molecule has 12 heteroatoms. The van der Waals surface area contributed by atoms with Crippen molar-refractivity contribution in [1.82, 2.24) is 15.3 Å². The van der Waals surface area contributed by atoms with Gasteiger partial charge in [0.05, 0.1) is 23.5 Å². The molecule has 0 saturated carbocycles. The zero-order chi connectivity index (χ0) is 24.8. The number of nitrogens with one attached hydrogen (secondary N) is 3. The largest absolute Gasteiger partial charge is 0.450 e. The van der Waals surface area contributed by atoms with Crippen LogP contribution in [0.5, 0.6) is 11.6 Å². The predicted octanol–water partition coefficient (Wildman–Crippen LogP) is 3.39. The minimum absolute atomic E-state index is 0.0722. The first-order valence-electron chi connectivity index (χ1n) is 10.6. The Bertz CT molecular complexity index is 1250. The molecule has 3 rings (SSSR count). The van der Waals surface area contributed by atoms with Crippen LogP contribution in [-0.4, -0.2) is 34.3 Å². The van der Waals surface area contributed by atoms with Crippen LogP contribution < -0.4 is 21.0 Å². The number of imide groups is 1. The fourth-order valence-corrected chi connectivity index (χ4v) is 3.70. The molecule has 1 heterocycles. The molecule has 178 valence electrons. The van der Waals surface area contributed by atoms with Gasteiger partial charge in [-0.1, -0.05) is 25.4 Å². The zero-order valence-corrected chi connectivity index (χ0v) is 19.6. The molecular formula is C22H23ClN6O5. The smallest absolute Gasteiger partial charge is 0.414 e. The molecule has 0 atom stereocenters. The number of rotatable bonds is 7. The normalized spacial score (nSPS) is 12.6. The molecule has 0 spiro atoms. The average Bonchev–Trinajstić information content (AvgIpc) is 3.27. The maximum absolute atomic E-state index is 12.1. The summed E-state index contributed by atoms with van der Waals surface area (Å²) in [5.41, 5.74) is 4.40. The summed E-state index contributed by atoms with van der Waals surface area (Å²) in [5, 5.41) is 15.2. The summed E-state index contributed by atoms with van der Waals surface area (Å²) in [7, 11) is 0. The molecule has 11 nitrogen and oxygen atoms in total. The molecule has 34 heavy (non-hydrogen) atoms. The SMILES string of the molecule is CCOC(=O)NC(=O)/C(C#N)=N/Nc1cc(Cl)c(Oc2c[nH]c(=O)c(C(C)C)n2)c2c1CCC2. The highest BCUT2D eigenvalue weighted by Gasteiger charge is 2.24. The molecule has 2 amide bonds. The van der Waals surface area contributed by atoms with E-state index in [1.807, 2.05) is 19.2 Å². The third kappa shape index (κ3) is 5.52. The van der Waals surface area contributed by atoms with E-state index in [0.29, 0.717) is 30.0 Å². The molecule has 1 aliphatic rings. The van der Waals surface area contributed by atoms with E-state index in [4.69, 9.17) is 16.3 Å². The summed E-state index contributed by atoms with van der Waals surface area (Å²) in [6.45, 7) is 5.37. The molecule has 0 fully saturated rings. The Balaban J connectivity index is 1.87. The summed E-state index contributed by atoms with van der Waals surface area (Å²) >= 11 is 6.49. The number of fused-ring (bicyclic) bond motifs is 1. The fourth-order valence-electron chi connectivity index (χ4n) is 3.44. The number of amides is 2. The molecule has 0 bridgehead atoms. The van der Waals surface area contributed by atoms with E-state index >= 15 is 0 Å². The van der Waals surface area contributed by atoms with Gasteiger partial charge in [0.15, 0.2) is 5.75 Å². The standard InChI is InChI=1S/C22H23ClN6O5/c1-4-33-22(32)27-20(30)16(9-24)29-28-15-8-14(23)19(13-7-5-6-12(13)15)34-17-10-25-21(31)18(26-17)11(2)3/h8,10-11,28H,4-7H2,1-3H3,(H,25,31)(H,27,30,32)/b29-16+. The third-order valence-corrected chi connectivity index (χ3v) is 5.23. The van der Waals surface area contributed by atoms with Gasteiger partial charge in [-0.3, -0.25) is 20.3 Å². The van der Waals surface area contributed by atoms with Gasteiger partial charge < -0.3 is 14.5 Å². The van der Waals surface area contributed by atoms with Crippen molar-refractivity contribution in [2.45, 2.75) is 46.0 Å². The predicted molar refractivity (Wildman–Crippen MR) is 124 cm³/mol. The van der Waals surface area contributed by atoms with Crippen molar-refractivity contribution in [3.63, 3.8) is 0 Å². The Hall–Kier alpha value is -3.91. The molecule has 1 aromatic carbocycles. The van der Waals surface area contributed by atoms with Crippen LogP contribution in [0.3, 0.4) is 0 Å². The zero-order valence-electron chi connectivity index (χ0n) is 18.8. The van der Waals surface area contributed by atoms with Crippen LogP contribution in [0, 0.1) is 11.3 Å². The third-order valence-electron chi connectivity index (χ3n) is 4.95. The maximum Gasteiger partial charge on any atom is 0.414 e. The molecule has 0 radical (unpaired) electrons. The first-order chi connectivity index (χ1) is 16.2. The molecular weight excluding hydrogens is 464 g/mol. The number of anilines is 1. The van der Waals surface area contributed by atoms with Crippen LogP contribution in [0.1, 0.15) is 49.9 Å². The lowest BCUT2D eigenvalue weighted by molar-refractivity contribution is -0.114. The average molecular weight is 487 g/mol. The molecule has 0 aliphatic heterocycles. The highest BCUT2D eigenvalue weighted by atomic mass is 35.5. The van der Waals surface area contributed by atoms with Crippen molar-refractivity contribution < 1.29 is 19.1 Å². The number of hydrazone groups is 1. The van der Waals surface area contributed by atoms with E-state index in [1.165, 1.54) is 6.20 Å². The van der Waals surface area contributed by atoms with Crippen molar-refractivity contribution in [2.75, 3.05) is 12.0 Å². The number of aromatic nitrogens is 2. The topological polar surface area (TPSA) is 159 Å². The minimum Gasteiger partial charge on any atom is -0.450 e. The van der Waals surface area contributed by atoms with Crippen LogP contribution in [0.25, 0.3) is 0 Å². The number of hydrogen-bond donors (Lipinski definition) is 3. The number of nitrogens with zero attached hydrogens (tertiary/aromatic N) is 3. The molecule has 1 aliphatic carbocycles. The fraction of sp³-hybridized carbons (Fsp3) is 0.364. The van der Waals surface area contributed by atoms with Crippen LogP contribution >= 0.6 is 11.6 Å². The van der Waals surface area contributed by atoms with E-state index in [2.05, 4.69) is 25.2 Å². The molecule has 0 saturated heterocycles. The number of hydrogen-bond acceptors (Lipinski definition) is 9. The first-order valence-corrected chi connectivity index (χ1v) is 11.0. The Kier molecular flexibility index (Phi) is 7.86. The number of benzene rings is 1. The monoisotopic (exact) mass is 486 g/mol. The van der Waals surface area contributed by atoms with Gasteiger partial charge in [0, 0.05) is 11.5 Å². The molecule has 3 N–H and O–H groups in total. The quantitative estimate of drug-likeness (QED) is 0.396. The lowest BCUT2D eigenvalue weighted by Crippen LogP contribution is -2.36. The second-order valence-electron chi connectivity index (χ2n) is 7.61. The summed E-state index contributed by atoms with van der Waals surface area (Å²) in [6.07, 6.45) is 2.60. The van der Waals surface area contributed by atoms with Gasteiger partial charge in [0.1, 0.15) is 11.8 Å². The van der Waals surface area contributed by atoms with Crippen molar-refractivity contribution in [3.8, 4) is 17.7 Å². The van der Waals surface area contributed by atoms with Gasteiger partial charge in [-0.15, -0.1) is 0 Å². The number of nitriles is 1. The minimum atomic E-state index is -0.999. The lowest BCUT2D eigenvalue weighted by atomic mass is 10.1. The number of aromatic amines is 1. The van der Waals surface area contributed by atoms with Gasteiger partial charge in [0.25, 0.3) is 11.5 Å². The van der Waals surface area contributed by atoms with Gasteiger partial charge in [-0.05, 0) is 37.8 Å². The van der Waals surface area contributed by atoms with Crippen molar-refractivity contribution in [1.29, 1.82) is 5.26 Å². The Morgan fingerprint density at radius 2 is 2.09 bits per heavy atom. The molecule has 2 aromatic rings. The molecule has 1 aromatic heterocycles. The van der Waals surface area contributed by atoms with Crippen LogP contribution in [0.15, 0.2) is 22.2 Å². The van der Waals surface area contributed by atoms with Crippen molar-refractivity contribution in [3.05, 3.63) is 44.5 Å². The van der Waals surface area contributed by atoms with Gasteiger partial charge in [-0.25, -0.2) is 9.78 Å². The highest BCUT2D eigenvalue weighted by molar-refractivity contribution is 6.46. The number of carbonyl (C=O) groups excluding carboxylic acids is 2. The van der Waals surface area contributed by atoms with Crippen molar-refractivity contribution in [2.24, 2.45) is 5.10 Å². The van der Waals surface area contributed by atoms with E-state index in [-0.39, 0.29) is 29.0 Å². The summed E-state index contributed by atoms with van der Waals surface area (Å²) in [6, 6.07) is 3.20. The van der Waals surface area contributed by atoms with Gasteiger partial charge in [0.2, 0.25) is 11.6 Å². The van der Waals surface area contributed by atoms with E-state index < -0.39 is 17.7 Å². The second kappa shape index (κ2) is 10.8. The summed E-state index contributed by atoms with van der Waals surface area (Å²) in [5.74, 6) is -0.464. The van der Waals surface area contributed by atoms with Gasteiger partial charge >= 0.3 is 6.09 Å². The van der Waals surface area contributed by atoms with E-state index in [1.54, 1.807) is 19.1 Å². The Morgan fingerprint density at radius 3 is 2.76 bits per heavy atom. The Morgan fingerprint density at radius 1 is 1.35 bits per heavy atom. The summed E-state index contributed by atoms with van der Waals surface area (Å²) < 4.78 is 10.6. The van der Waals surface area contributed by atoms with Crippen LogP contribution in [0.2, 0.25) is 5.02 Å². The van der Waals surface area contributed by atoms with Crippen LogP contribution in [0.4, 0.5) is 10.5 Å². The lowest BCUT2D eigenvalue weighted by Gasteiger charge is -2.16. The molecule has 0 unspecified atom stereocenters. The van der Waals surface area contributed by atoms with Crippen LogP contribution in [-0.2, 0) is 22.4 Å². The first kappa shape index (κ1) is 24.7. The number of carbonyl (C=O) groups is 2. The second-order valence-corrected chi connectivity index (χ2v) is 8.02. The highest BCUT2D eigenvalue weighted by Crippen LogP contribution is 2.43. The number of ether oxygens (including phenoxy) is 2. The van der Waals surface area contributed by atoms with Crippen molar-refractivity contribution >= 4 is 35.0 Å².